The van der Waals surface area contributed by atoms with E-state index in [4.69, 9.17) is 5.11 Å². The lowest BCUT2D eigenvalue weighted by atomic mass is 10.2. The van der Waals surface area contributed by atoms with Crippen LogP contribution in [0.4, 0.5) is 0 Å². The summed E-state index contributed by atoms with van der Waals surface area (Å²) in [4.78, 5) is 12.4. The Bertz CT molecular complexity index is 270. The van der Waals surface area contributed by atoms with Gasteiger partial charge in [0, 0.05) is 11.3 Å². The van der Waals surface area contributed by atoms with Crippen LogP contribution in [0.5, 0.6) is 0 Å². The number of amides is 1. The molecule has 1 rings (SSSR count). The summed E-state index contributed by atoms with van der Waals surface area (Å²) in [6.45, 7) is 2.28. The number of carbonyl (C=O) groups excluding carboxylic acids is 1. The third kappa shape index (κ3) is 4.39. The Morgan fingerprint density at radius 3 is 3.07 bits per heavy atom. The lowest BCUT2D eigenvalue weighted by Gasteiger charge is -2.04. The molecule has 0 saturated heterocycles. The van der Waals surface area contributed by atoms with Crippen LogP contribution >= 0.6 is 11.3 Å². The first-order valence-corrected chi connectivity index (χ1v) is 5.53. The second kappa shape index (κ2) is 5.78. The van der Waals surface area contributed by atoms with Gasteiger partial charge in [0.1, 0.15) is 0 Å². The number of rotatable bonds is 5. The Labute approximate surface area is 87.8 Å². The molecule has 0 aliphatic carbocycles. The van der Waals surface area contributed by atoms with Gasteiger partial charge in [0.05, 0.1) is 12.6 Å². The van der Waals surface area contributed by atoms with Crippen LogP contribution in [-0.2, 0) is 11.3 Å². The monoisotopic (exact) mass is 213 g/mol. The second-order valence-corrected chi connectivity index (χ2v) is 4.28. The number of nitrogens with one attached hydrogen (secondary N) is 1. The molecule has 78 valence electrons. The third-order valence-corrected chi connectivity index (χ3v) is 2.71. The van der Waals surface area contributed by atoms with E-state index >= 15 is 0 Å². The molecule has 2 N–H and O–H groups in total. The standard InChI is InChI=1S/C10H15NO2S/c1-8(12)4-5-10(13)11-7-9-3-2-6-14-9/h2-3,6,8,12H,4-5,7H2,1H3,(H,11,13). The zero-order valence-electron chi connectivity index (χ0n) is 8.19. The fraction of sp³-hybridized carbons (Fsp3) is 0.500. The van der Waals surface area contributed by atoms with Gasteiger partial charge in [-0.05, 0) is 24.8 Å². The molecule has 0 radical (unpaired) electrons. The van der Waals surface area contributed by atoms with Crippen LogP contribution in [0.3, 0.4) is 0 Å². The van der Waals surface area contributed by atoms with E-state index < -0.39 is 6.10 Å². The summed E-state index contributed by atoms with van der Waals surface area (Å²) in [5.74, 6) is -0.000648. The molecule has 1 aromatic heterocycles. The van der Waals surface area contributed by atoms with E-state index in [0.717, 1.165) is 4.88 Å². The number of aliphatic hydroxyl groups excluding tert-OH is 1. The fourth-order valence-corrected chi connectivity index (χ4v) is 1.67. The van der Waals surface area contributed by atoms with Crippen molar-refractivity contribution in [2.45, 2.75) is 32.4 Å². The molecule has 0 bridgehead atoms. The predicted molar refractivity (Wildman–Crippen MR) is 57.1 cm³/mol. The van der Waals surface area contributed by atoms with E-state index in [9.17, 15) is 4.79 Å². The molecule has 1 aromatic rings. The Kier molecular flexibility index (Phi) is 4.62. The Morgan fingerprint density at radius 1 is 1.71 bits per heavy atom. The molecule has 4 heteroatoms. The molecule has 3 nitrogen and oxygen atoms in total. The Balaban J connectivity index is 2.15. The van der Waals surface area contributed by atoms with Gasteiger partial charge in [0.15, 0.2) is 0 Å². The van der Waals surface area contributed by atoms with Gasteiger partial charge in [-0.1, -0.05) is 6.07 Å². The van der Waals surface area contributed by atoms with Crippen LogP contribution < -0.4 is 5.32 Å². The summed E-state index contributed by atoms with van der Waals surface area (Å²) in [5.41, 5.74) is 0. The highest BCUT2D eigenvalue weighted by Gasteiger charge is 2.03. The van der Waals surface area contributed by atoms with Crippen LogP contribution in [0.15, 0.2) is 17.5 Å². The van der Waals surface area contributed by atoms with Gasteiger partial charge in [-0.3, -0.25) is 4.79 Å². The lowest BCUT2D eigenvalue weighted by Crippen LogP contribution is -2.23. The maximum atomic E-state index is 11.2. The second-order valence-electron chi connectivity index (χ2n) is 3.24. The zero-order valence-corrected chi connectivity index (χ0v) is 9.01. The summed E-state index contributed by atoms with van der Waals surface area (Å²) in [6.07, 6.45) is 0.516. The number of carbonyl (C=O) groups is 1. The first-order valence-electron chi connectivity index (χ1n) is 4.65. The summed E-state index contributed by atoms with van der Waals surface area (Å²) in [5, 5.41) is 13.8. The highest BCUT2D eigenvalue weighted by Crippen LogP contribution is 2.07. The van der Waals surface area contributed by atoms with Crippen molar-refractivity contribution < 1.29 is 9.90 Å². The molecule has 0 fully saturated rings. The molecule has 1 heterocycles. The van der Waals surface area contributed by atoms with Gasteiger partial charge >= 0.3 is 0 Å². The molecular formula is C10H15NO2S. The van der Waals surface area contributed by atoms with E-state index in [-0.39, 0.29) is 5.91 Å². The van der Waals surface area contributed by atoms with Crippen molar-refractivity contribution >= 4 is 17.2 Å². The van der Waals surface area contributed by atoms with Crippen LogP contribution in [0.2, 0.25) is 0 Å². The smallest absolute Gasteiger partial charge is 0.220 e. The molecule has 1 atom stereocenters. The molecule has 1 amide bonds. The fourth-order valence-electron chi connectivity index (χ4n) is 1.03. The minimum absolute atomic E-state index is 0.000648. The third-order valence-electron chi connectivity index (χ3n) is 1.83. The molecule has 0 aliphatic rings. The molecule has 0 saturated carbocycles. The van der Waals surface area contributed by atoms with Crippen LogP contribution in [-0.4, -0.2) is 17.1 Å². The first kappa shape index (κ1) is 11.2. The summed E-state index contributed by atoms with van der Waals surface area (Å²) in [7, 11) is 0. The van der Waals surface area contributed by atoms with Crippen molar-refractivity contribution in [2.75, 3.05) is 0 Å². The maximum absolute atomic E-state index is 11.2. The normalized spacial score (nSPS) is 12.4. The minimum Gasteiger partial charge on any atom is -0.393 e. The number of hydrogen-bond donors (Lipinski definition) is 2. The lowest BCUT2D eigenvalue weighted by molar-refractivity contribution is -0.121. The van der Waals surface area contributed by atoms with Crippen LogP contribution in [0.1, 0.15) is 24.6 Å². The SMILES string of the molecule is CC(O)CCC(=O)NCc1cccs1. The van der Waals surface area contributed by atoms with Gasteiger partial charge < -0.3 is 10.4 Å². The predicted octanol–water partition coefficient (Wildman–Crippen LogP) is 1.53. The number of hydrogen-bond acceptors (Lipinski definition) is 3. The van der Waals surface area contributed by atoms with Crippen molar-refractivity contribution in [3.63, 3.8) is 0 Å². The number of aliphatic hydroxyl groups is 1. The molecule has 0 spiro atoms. The van der Waals surface area contributed by atoms with Crippen molar-refractivity contribution in [1.82, 2.24) is 5.32 Å². The van der Waals surface area contributed by atoms with E-state index in [1.54, 1.807) is 18.3 Å². The van der Waals surface area contributed by atoms with Crippen molar-refractivity contribution in [2.24, 2.45) is 0 Å². The minimum atomic E-state index is -0.400. The van der Waals surface area contributed by atoms with E-state index in [1.807, 2.05) is 17.5 Å². The van der Waals surface area contributed by atoms with Gasteiger partial charge in [-0.25, -0.2) is 0 Å². The van der Waals surface area contributed by atoms with Gasteiger partial charge in [-0.2, -0.15) is 0 Å². The molecule has 0 aliphatic heterocycles. The van der Waals surface area contributed by atoms with E-state index in [0.29, 0.717) is 19.4 Å². The quantitative estimate of drug-likeness (QED) is 0.779. The van der Waals surface area contributed by atoms with Gasteiger partial charge in [-0.15, -0.1) is 11.3 Å². The van der Waals surface area contributed by atoms with E-state index in [1.165, 1.54) is 0 Å². The highest BCUT2D eigenvalue weighted by molar-refractivity contribution is 7.09. The summed E-state index contributed by atoms with van der Waals surface area (Å²) in [6, 6.07) is 3.95. The Hall–Kier alpha value is -0.870. The van der Waals surface area contributed by atoms with Crippen LogP contribution in [0.25, 0.3) is 0 Å². The Morgan fingerprint density at radius 2 is 2.50 bits per heavy atom. The maximum Gasteiger partial charge on any atom is 0.220 e. The largest absolute Gasteiger partial charge is 0.393 e. The van der Waals surface area contributed by atoms with Crippen molar-refractivity contribution in [1.29, 1.82) is 0 Å². The van der Waals surface area contributed by atoms with Crippen molar-refractivity contribution in [3.8, 4) is 0 Å². The highest BCUT2D eigenvalue weighted by atomic mass is 32.1. The molecule has 1 unspecified atom stereocenters. The average Bonchev–Trinajstić information content (AvgIpc) is 2.63. The van der Waals surface area contributed by atoms with Crippen LogP contribution in [0, 0.1) is 0 Å². The average molecular weight is 213 g/mol. The zero-order chi connectivity index (χ0) is 10.4. The van der Waals surface area contributed by atoms with Crippen molar-refractivity contribution in [3.05, 3.63) is 22.4 Å². The van der Waals surface area contributed by atoms with Gasteiger partial charge in [0.25, 0.3) is 0 Å². The summed E-state index contributed by atoms with van der Waals surface area (Å²) < 4.78 is 0. The summed E-state index contributed by atoms with van der Waals surface area (Å²) >= 11 is 1.63. The molecule has 14 heavy (non-hydrogen) atoms. The van der Waals surface area contributed by atoms with Gasteiger partial charge in [0.2, 0.25) is 5.91 Å². The topological polar surface area (TPSA) is 49.3 Å². The van der Waals surface area contributed by atoms with E-state index in [2.05, 4.69) is 5.32 Å². The molecule has 0 aromatic carbocycles. The molecular weight excluding hydrogens is 198 g/mol. The number of thiophene rings is 1. The first-order chi connectivity index (χ1) is 6.68.